The van der Waals surface area contributed by atoms with Crippen LogP contribution in [0.2, 0.25) is 0 Å². The molecule has 1 amide bonds. The molecule has 148 valence electrons. The summed E-state index contributed by atoms with van der Waals surface area (Å²) in [5.74, 6) is 0.0277. The van der Waals surface area contributed by atoms with Crippen LogP contribution in [-0.4, -0.2) is 46.7 Å². The number of ether oxygens (including phenoxy) is 1. The van der Waals surface area contributed by atoms with Crippen LogP contribution in [0.3, 0.4) is 0 Å². The minimum absolute atomic E-state index is 0.0277. The van der Waals surface area contributed by atoms with Gasteiger partial charge in [-0.15, -0.1) is 0 Å². The zero-order chi connectivity index (χ0) is 19.8. The second-order valence-corrected chi connectivity index (χ2v) is 7.87. The van der Waals surface area contributed by atoms with Crippen LogP contribution in [0.4, 0.5) is 5.69 Å². The van der Waals surface area contributed by atoms with Crippen molar-refractivity contribution in [2.45, 2.75) is 52.5 Å². The van der Waals surface area contributed by atoms with Gasteiger partial charge < -0.3 is 14.6 Å². The van der Waals surface area contributed by atoms with Gasteiger partial charge in [0.2, 0.25) is 5.91 Å². The highest BCUT2D eigenvalue weighted by atomic mass is 16.5. The Bertz CT molecular complexity index is 1000. The molecule has 28 heavy (non-hydrogen) atoms. The van der Waals surface area contributed by atoms with E-state index in [1.54, 1.807) is 0 Å². The number of hydrogen-bond donors (Lipinski definition) is 1. The molecule has 3 aromatic rings. The van der Waals surface area contributed by atoms with Gasteiger partial charge in [0.05, 0.1) is 18.2 Å². The van der Waals surface area contributed by atoms with Crippen LogP contribution in [0.1, 0.15) is 27.7 Å². The number of aryl methyl sites for hydroxylation is 1. The Balaban J connectivity index is 1.59. The zero-order valence-corrected chi connectivity index (χ0v) is 17.1. The van der Waals surface area contributed by atoms with Crippen molar-refractivity contribution in [3.63, 3.8) is 0 Å². The molecule has 0 bridgehead atoms. The highest BCUT2D eigenvalue weighted by Crippen LogP contribution is 2.31. The van der Waals surface area contributed by atoms with Crippen LogP contribution in [-0.2, 0) is 16.1 Å². The lowest BCUT2D eigenvalue weighted by Crippen LogP contribution is -2.52. The molecular weight excluding hydrogens is 350 g/mol. The van der Waals surface area contributed by atoms with Crippen molar-refractivity contribution in [3.05, 3.63) is 42.5 Å². The van der Waals surface area contributed by atoms with Crippen molar-refractivity contribution in [2.75, 3.05) is 18.4 Å². The van der Waals surface area contributed by atoms with E-state index in [2.05, 4.69) is 72.0 Å². The normalized spacial score (nSPS) is 21.9. The Morgan fingerprint density at radius 1 is 1.11 bits per heavy atom. The van der Waals surface area contributed by atoms with E-state index < -0.39 is 0 Å². The lowest BCUT2D eigenvalue weighted by Gasteiger charge is -2.38. The number of nitrogens with zero attached hydrogens (tertiary/aromatic N) is 2. The van der Waals surface area contributed by atoms with E-state index in [-0.39, 0.29) is 24.2 Å². The molecule has 1 saturated heterocycles. The molecule has 1 aliphatic heterocycles. The number of morpholine rings is 1. The van der Waals surface area contributed by atoms with Gasteiger partial charge in [-0.1, -0.05) is 18.2 Å². The third-order valence-electron chi connectivity index (χ3n) is 5.73. The highest BCUT2D eigenvalue weighted by molar-refractivity contribution is 6.10. The summed E-state index contributed by atoms with van der Waals surface area (Å²) in [5, 5.41) is 5.52. The first-order valence-electron chi connectivity index (χ1n) is 10.2. The maximum absolute atomic E-state index is 12.9. The number of fused-ring (bicyclic) bond motifs is 3. The first kappa shape index (κ1) is 19.0. The van der Waals surface area contributed by atoms with Gasteiger partial charge in [-0.05, 0) is 52.0 Å². The minimum Gasteiger partial charge on any atom is -0.373 e. The molecule has 0 radical (unpaired) electrons. The van der Waals surface area contributed by atoms with Crippen LogP contribution in [0.5, 0.6) is 0 Å². The number of hydrogen-bond acceptors (Lipinski definition) is 3. The molecule has 3 atom stereocenters. The average molecular weight is 380 g/mol. The van der Waals surface area contributed by atoms with Crippen molar-refractivity contribution in [3.8, 4) is 0 Å². The van der Waals surface area contributed by atoms with Crippen molar-refractivity contribution < 1.29 is 9.53 Å². The van der Waals surface area contributed by atoms with E-state index in [0.29, 0.717) is 0 Å². The van der Waals surface area contributed by atoms with Gasteiger partial charge in [-0.25, -0.2) is 0 Å². The molecule has 5 nitrogen and oxygen atoms in total. The van der Waals surface area contributed by atoms with E-state index in [9.17, 15) is 4.79 Å². The number of aromatic nitrogens is 1. The molecular formula is C23H29N3O2. The van der Waals surface area contributed by atoms with Gasteiger partial charge in [0.15, 0.2) is 0 Å². The summed E-state index contributed by atoms with van der Waals surface area (Å²) in [5.41, 5.74) is 3.27. The third-order valence-corrected chi connectivity index (χ3v) is 5.73. The molecule has 4 rings (SSSR count). The lowest BCUT2D eigenvalue weighted by molar-refractivity contribution is -0.126. The number of amides is 1. The first-order chi connectivity index (χ1) is 13.5. The standard InChI is InChI=1S/C23H29N3O2/c1-5-26-21-9-7-6-8-19(21)20-12-18(10-11-22(20)26)24-23(27)17(4)25-13-15(2)28-16(3)14-25/h6-12,15-17H,5,13-14H2,1-4H3,(H,24,27)/t15-,16-,17+/m1/s1. The van der Waals surface area contributed by atoms with E-state index in [0.717, 1.165) is 25.3 Å². The molecule has 5 heteroatoms. The first-order valence-corrected chi connectivity index (χ1v) is 10.2. The predicted octanol–water partition coefficient (Wildman–Crippen LogP) is 4.25. The monoisotopic (exact) mass is 379 g/mol. The van der Waals surface area contributed by atoms with Gasteiger partial charge in [-0.2, -0.15) is 0 Å². The fourth-order valence-corrected chi connectivity index (χ4v) is 4.42. The van der Waals surface area contributed by atoms with Gasteiger partial charge in [0, 0.05) is 47.1 Å². The van der Waals surface area contributed by atoms with E-state index >= 15 is 0 Å². The number of rotatable bonds is 4. The number of nitrogens with one attached hydrogen (secondary N) is 1. The van der Waals surface area contributed by atoms with E-state index in [1.165, 1.54) is 21.8 Å². The molecule has 0 aliphatic carbocycles. The predicted molar refractivity (Wildman–Crippen MR) is 115 cm³/mol. The Kier molecular flexibility index (Phi) is 5.13. The van der Waals surface area contributed by atoms with Crippen LogP contribution in [0.15, 0.2) is 42.5 Å². The molecule has 1 N–H and O–H groups in total. The Hall–Kier alpha value is -2.37. The fourth-order valence-electron chi connectivity index (χ4n) is 4.42. The number of carbonyl (C=O) groups excluding carboxylic acids is 1. The smallest absolute Gasteiger partial charge is 0.241 e. The van der Waals surface area contributed by atoms with Crippen molar-refractivity contribution in [2.24, 2.45) is 0 Å². The number of anilines is 1. The molecule has 0 spiro atoms. The topological polar surface area (TPSA) is 46.5 Å². The number of benzene rings is 2. The van der Waals surface area contributed by atoms with Crippen molar-refractivity contribution in [1.82, 2.24) is 9.47 Å². The van der Waals surface area contributed by atoms with E-state index in [4.69, 9.17) is 4.74 Å². The SMILES string of the molecule is CCn1c2ccccc2c2cc(NC(=O)[C@H](C)N3C[C@@H](C)O[C@H](C)C3)ccc21. The summed E-state index contributed by atoms with van der Waals surface area (Å²) in [6.07, 6.45) is 0.297. The Labute approximate surface area is 166 Å². The van der Waals surface area contributed by atoms with E-state index in [1.807, 2.05) is 13.0 Å². The average Bonchev–Trinajstić information content (AvgIpc) is 2.99. The molecule has 0 saturated carbocycles. The molecule has 0 unspecified atom stereocenters. The van der Waals surface area contributed by atoms with Crippen molar-refractivity contribution in [1.29, 1.82) is 0 Å². The van der Waals surface area contributed by atoms with Crippen LogP contribution >= 0.6 is 0 Å². The molecule has 1 fully saturated rings. The largest absolute Gasteiger partial charge is 0.373 e. The van der Waals surface area contributed by atoms with Gasteiger partial charge in [0.25, 0.3) is 0 Å². The summed E-state index contributed by atoms with van der Waals surface area (Å²) in [6, 6.07) is 14.5. The summed E-state index contributed by atoms with van der Waals surface area (Å²) in [7, 11) is 0. The molecule has 1 aliphatic rings. The Morgan fingerprint density at radius 2 is 1.79 bits per heavy atom. The minimum atomic E-state index is -0.193. The van der Waals surface area contributed by atoms with Crippen molar-refractivity contribution >= 4 is 33.4 Å². The lowest BCUT2D eigenvalue weighted by atomic mass is 10.1. The Morgan fingerprint density at radius 3 is 2.50 bits per heavy atom. The van der Waals surface area contributed by atoms with Gasteiger partial charge in [0.1, 0.15) is 0 Å². The molecule has 2 aromatic carbocycles. The highest BCUT2D eigenvalue weighted by Gasteiger charge is 2.29. The summed E-state index contributed by atoms with van der Waals surface area (Å²) >= 11 is 0. The quantitative estimate of drug-likeness (QED) is 0.737. The summed E-state index contributed by atoms with van der Waals surface area (Å²) < 4.78 is 8.11. The van der Waals surface area contributed by atoms with Crippen LogP contribution < -0.4 is 5.32 Å². The maximum Gasteiger partial charge on any atom is 0.241 e. The van der Waals surface area contributed by atoms with Gasteiger partial charge >= 0.3 is 0 Å². The zero-order valence-electron chi connectivity index (χ0n) is 17.1. The number of carbonyl (C=O) groups is 1. The van der Waals surface area contributed by atoms with Gasteiger partial charge in [-0.3, -0.25) is 9.69 Å². The summed E-state index contributed by atoms with van der Waals surface area (Å²) in [4.78, 5) is 15.1. The second-order valence-electron chi connectivity index (χ2n) is 7.87. The van der Waals surface area contributed by atoms with Crippen LogP contribution in [0.25, 0.3) is 21.8 Å². The summed E-state index contributed by atoms with van der Waals surface area (Å²) in [6.45, 7) is 10.7. The molecule has 2 heterocycles. The fraction of sp³-hybridized carbons (Fsp3) is 0.435. The van der Waals surface area contributed by atoms with Crippen LogP contribution in [0, 0.1) is 0 Å². The third kappa shape index (κ3) is 3.40. The maximum atomic E-state index is 12.9. The molecule has 1 aromatic heterocycles. The number of para-hydroxylation sites is 1. The second kappa shape index (κ2) is 7.57.